The van der Waals surface area contributed by atoms with E-state index in [1.807, 2.05) is 58.0 Å². The molecule has 0 radical (unpaired) electrons. The zero-order valence-electron chi connectivity index (χ0n) is 31.5. The normalized spacial score (nSPS) is 11.9. The van der Waals surface area contributed by atoms with E-state index in [2.05, 4.69) is 16.0 Å². The van der Waals surface area contributed by atoms with Crippen LogP contribution in [0.2, 0.25) is 0 Å². The van der Waals surface area contributed by atoms with Crippen LogP contribution in [0.25, 0.3) is 44.9 Å². The summed E-state index contributed by atoms with van der Waals surface area (Å²) in [6.07, 6.45) is 2.74. The summed E-state index contributed by atoms with van der Waals surface area (Å²) in [6.45, 7) is 4.33. The van der Waals surface area contributed by atoms with Crippen molar-refractivity contribution in [3.63, 3.8) is 0 Å². The van der Waals surface area contributed by atoms with Crippen LogP contribution in [-0.2, 0) is 25.6 Å². The van der Waals surface area contributed by atoms with Gasteiger partial charge in [-0.15, -0.1) is 0 Å². The molecule has 3 aromatic heterocycles. The van der Waals surface area contributed by atoms with E-state index in [1.165, 1.54) is 0 Å². The Morgan fingerprint density at radius 3 is 1.70 bits per heavy atom. The molecule has 0 aliphatic carbocycles. The van der Waals surface area contributed by atoms with Gasteiger partial charge in [-0.2, -0.15) is 0 Å². The Labute approximate surface area is 321 Å². The molecular formula is C38H48N6O12. The fourth-order valence-electron chi connectivity index (χ4n) is 5.71. The van der Waals surface area contributed by atoms with Gasteiger partial charge in [0.05, 0.1) is 22.8 Å². The van der Waals surface area contributed by atoms with E-state index in [0.717, 1.165) is 72.6 Å². The molecule has 5 heterocycles. The molecule has 0 saturated carbocycles. The molecule has 10 N–H and O–H groups in total. The predicted octanol–water partition coefficient (Wildman–Crippen LogP) is 1.72. The van der Waals surface area contributed by atoms with Gasteiger partial charge in [0, 0.05) is 34.9 Å². The molecule has 2 aliphatic rings. The second kappa shape index (κ2) is 20.8. The van der Waals surface area contributed by atoms with Crippen LogP contribution in [0.3, 0.4) is 0 Å². The van der Waals surface area contributed by atoms with E-state index >= 15 is 0 Å². The maximum atomic E-state index is 11.4. The number of carbonyl (C=O) groups excluding carboxylic acids is 2. The number of carbonyl (C=O) groups is 4. The van der Waals surface area contributed by atoms with Crippen molar-refractivity contribution in [3.05, 3.63) is 69.8 Å². The quantitative estimate of drug-likeness (QED) is 0.117. The molecule has 0 fully saturated rings. The summed E-state index contributed by atoms with van der Waals surface area (Å²) in [7, 11) is 0. The number of amides is 2. The van der Waals surface area contributed by atoms with Gasteiger partial charge in [0.2, 0.25) is 0 Å². The molecule has 18 nitrogen and oxygen atoms in total. The van der Waals surface area contributed by atoms with Gasteiger partial charge >= 0.3 is 11.9 Å². The number of aromatic amines is 2. The summed E-state index contributed by atoms with van der Waals surface area (Å²) in [4.78, 5) is 61.6. The Balaban J connectivity index is 0.000000388. The second-order valence-electron chi connectivity index (χ2n) is 12.7. The average Bonchev–Trinajstić information content (AvgIpc) is 3.86. The minimum absolute atomic E-state index is 0.00160. The van der Waals surface area contributed by atoms with Crippen LogP contribution < -0.4 is 0 Å². The third-order valence-electron chi connectivity index (χ3n) is 8.91. The molecule has 0 spiro atoms. The molecule has 8 bridgehead atoms. The lowest BCUT2D eigenvalue weighted by Crippen LogP contribution is -2.34. The van der Waals surface area contributed by atoms with Gasteiger partial charge < -0.3 is 50.8 Å². The highest BCUT2D eigenvalue weighted by Gasteiger charge is 2.19. The van der Waals surface area contributed by atoms with Crippen molar-refractivity contribution in [1.29, 1.82) is 0 Å². The summed E-state index contributed by atoms with van der Waals surface area (Å²) >= 11 is 0. The minimum atomic E-state index is -0.868. The third-order valence-corrected chi connectivity index (χ3v) is 8.91. The fourth-order valence-corrected chi connectivity index (χ4v) is 5.71. The second-order valence-corrected chi connectivity index (χ2v) is 12.7. The Morgan fingerprint density at radius 2 is 1.18 bits per heavy atom. The molecule has 5 rings (SSSR count). The topological polar surface area (TPSA) is 294 Å². The van der Waals surface area contributed by atoms with Gasteiger partial charge in [-0.1, -0.05) is 0 Å². The lowest BCUT2D eigenvalue weighted by atomic mass is 10.0. The minimum Gasteiger partial charge on any atom is -0.481 e. The van der Waals surface area contributed by atoms with Crippen molar-refractivity contribution in [3.8, 4) is 0 Å². The van der Waals surface area contributed by atoms with E-state index < -0.39 is 63.9 Å². The highest BCUT2D eigenvalue weighted by atomic mass is 16.4. The number of carboxylic acid groups (broad SMARTS) is 2. The highest BCUT2D eigenvalue weighted by Crippen LogP contribution is 2.34. The molecular weight excluding hydrogens is 732 g/mol. The average molecular weight is 781 g/mol. The van der Waals surface area contributed by atoms with Crippen LogP contribution in [0, 0.1) is 13.8 Å². The number of aromatic nitrogens is 4. The number of rotatable bonds is 12. The third kappa shape index (κ3) is 11.6. The highest BCUT2D eigenvalue weighted by molar-refractivity contribution is 5.94. The number of fused-ring (bicyclic) bond motifs is 8. The molecule has 3 aromatic rings. The van der Waals surface area contributed by atoms with E-state index in [4.69, 9.17) is 40.6 Å². The van der Waals surface area contributed by atoms with Crippen LogP contribution in [0.1, 0.15) is 72.6 Å². The largest absolute Gasteiger partial charge is 0.481 e. The van der Waals surface area contributed by atoms with Crippen LogP contribution >= 0.6 is 0 Å². The maximum absolute atomic E-state index is 11.4. The lowest BCUT2D eigenvalue weighted by Gasteiger charge is -2.13. The first-order valence-corrected chi connectivity index (χ1v) is 17.4. The number of H-pyrrole nitrogens is 2. The Morgan fingerprint density at radius 1 is 0.625 bits per heavy atom. The predicted molar refractivity (Wildman–Crippen MR) is 206 cm³/mol. The number of aliphatic hydroxyl groups excluding tert-OH is 6. The number of carboxylic acids is 2. The number of aryl methyl sites for hydroxylation is 3. The molecule has 56 heavy (non-hydrogen) atoms. The standard InChI is InChI=1S/C30H30N4O4.2C4H9NO4/c1-15-9-20-12-25-17(3)21(5-7-29(35)36)27(33-25)14-28-22(6-8-30(37)38)18(4)26(34-28)13-24-16(2)10-19(32-24)11-23(15)31-20;2*6-1-4(9)5(2-7)3-8/h9-14,31,34H,5-8H2,1-4H3,(H,35,36)(H,37,38);2*6-8H,1-3H2. The van der Waals surface area contributed by atoms with Crippen molar-refractivity contribution in [2.75, 3.05) is 40.1 Å². The molecule has 18 heteroatoms. The number of nitrogens with zero attached hydrogens (tertiary/aromatic N) is 4. The Kier molecular flexibility index (Phi) is 16.6. The first kappa shape index (κ1) is 44.6. The monoisotopic (exact) mass is 780 g/mol. The fraction of sp³-hybridized carbons (Fsp3) is 0.368. The molecule has 302 valence electrons. The number of aliphatic hydroxyl groups is 6. The van der Waals surface area contributed by atoms with Gasteiger partial charge in [-0.25, -0.2) is 9.97 Å². The van der Waals surface area contributed by atoms with Crippen LogP contribution in [0.4, 0.5) is 0 Å². The Bertz CT molecular complexity index is 2120. The number of hydrogen-bond acceptors (Lipinski definition) is 12. The summed E-state index contributed by atoms with van der Waals surface area (Å²) in [6, 6.07) is 9.98. The van der Waals surface area contributed by atoms with Crippen molar-refractivity contribution in [1.82, 2.24) is 29.7 Å². The summed E-state index contributed by atoms with van der Waals surface area (Å²) in [5.41, 5.74) is 12.4. The van der Waals surface area contributed by atoms with E-state index in [-0.39, 0.29) is 12.8 Å². The molecule has 2 amide bonds. The summed E-state index contributed by atoms with van der Waals surface area (Å²) in [5, 5.41) is 68.1. The van der Waals surface area contributed by atoms with Gasteiger partial charge in [-0.05, 0) is 110 Å². The van der Waals surface area contributed by atoms with Crippen LogP contribution in [-0.4, -0.2) is 134 Å². The van der Waals surface area contributed by atoms with E-state index in [1.54, 1.807) is 0 Å². The number of allylic oxidation sites excluding steroid dienone is 3. The van der Waals surface area contributed by atoms with Gasteiger partial charge in [0.1, 0.15) is 40.1 Å². The lowest BCUT2D eigenvalue weighted by molar-refractivity contribution is -0.143. The number of aliphatic carboxylic acids is 2. The van der Waals surface area contributed by atoms with Crippen LogP contribution in [0.15, 0.2) is 30.3 Å². The maximum Gasteiger partial charge on any atom is 0.303 e. The summed E-state index contributed by atoms with van der Waals surface area (Å²) in [5.74, 6) is -3.12. The first-order valence-electron chi connectivity index (χ1n) is 17.4. The first-order chi connectivity index (χ1) is 26.6. The SMILES string of the molecule is CC1=Cc2cc3[nH]c(cc4nc(cc5[nH]c(cc1n2)c(C)c5CCC(=O)O)C(CCC(=O)O)=C4C)cc3C.O=C(CO)N(CO)CO.O=C(CO)N(CO)CO. The molecule has 0 unspecified atom stereocenters. The van der Waals surface area contributed by atoms with Crippen LogP contribution in [0.5, 0.6) is 0 Å². The van der Waals surface area contributed by atoms with Gasteiger partial charge in [-0.3, -0.25) is 29.0 Å². The number of nitrogens with one attached hydrogen (secondary N) is 2. The van der Waals surface area contributed by atoms with Gasteiger partial charge in [0.25, 0.3) is 11.8 Å². The zero-order valence-corrected chi connectivity index (χ0v) is 31.5. The van der Waals surface area contributed by atoms with Crippen molar-refractivity contribution in [2.24, 2.45) is 0 Å². The van der Waals surface area contributed by atoms with E-state index in [9.17, 15) is 29.4 Å². The van der Waals surface area contributed by atoms with Gasteiger partial charge in [0.15, 0.2) is 0 Å². The summed E-state index contributed by atoms with van der Waals surface area (Å²) < 4.78 is 0. The zero-order chi connectivity index (χ0) is 41.7. The van der Waals surface area contributed by atoms with Crippen molar-refractivity contribution < 1.29 is 60.0 Å². The molecule has 2 aliphatic heterocycles. The molecule has 0 atom stereocenters. The van der Waals surface area contributed by atoms with Crippen molar-refractivity contribution >= 4 is 68.6 Å². The number of hydrogen-bond donors (Lipinski definition) is 10. The Hall–Kier alpha value is -5.76. The van der Waals surface area contributed by atoms with Crippen molar-refractivity contribution in [2.45, 2.75) is 53.4 Å². The van der Waals surface area contributed by atoms with E-state index in [0.29, 0.717) is 28.3 Å². The molecule has 0 aromatic carbocycles. The smallest absolute Gasteiger partial charge is 0.303 e. The molecule has 0 saturated heterocycles.